The molecule has 0 saturated carbocycles. The zero-order valence-electron chi connectivity index (χ0n) is 11.4. The van der Waals surface area contributed by atoms with Gasteiger partial charge in [0.25, 0.3) is 0 Å². The summed E-state index contributed by atoms with van der Waals surface area (Å²) in [5, 5.41) is 4.02. The number of aromatic nitrogens is 2. The minimum atomic E-state index is -0.749. The van der Waals surface area contributed by atoms with Crippen LogP contribution in [0.2, 0.25) is 0 Å². The molecular formula is C14H14N2O4. The number of hydrogen-bond acceptors (Lipinski definition) is 5. The van der Waals surface area contributed by atoms with Crippen LogP contribution >= 0.6 is 0 Å². The first kappa shape index (κ1) is 13.8. The standard InChI is InChI=1S/C14H14N2O4/c1-9-8-16(10-4-6-11(19-2)7-5-10)15-12(13(9)17)14(18)20-3/h4-8H,1-3H3. The highest BCUT2D eigenvalue weighted by atomic mass is 16.5. The maximum absolute atomic E-state index is 11.9. The maximum Gasteiger partial charge on any atom is 0.362 e. The summed E-state index contributed by atoms with van der Waals surface area (Å²) < 4.78 is 11.1. The van der Waals surface area contributed by atoms with E-state index in [-0.39, 0.29) is 5.69 Å². The number of ether oxygens (including phenoxy) is 2. The number of aryl methyl sites for hydroxylation is 1. The molecule has 0 aliphatic carbocycles. The Morgan fingerprint density at radius 1 is 1.20 bits per heavy atom. The predicted molar refractivity (Wildman–Crippen MR) is 72.5 cm³/mol. The Bertz CT molecular complexity index is 689. The molecular weight excluding hydrogens is 260 g/mol. The molecule has 6 nitrogen and oxygen atoms in total. The zero-order valence-corrected chi connectivity index (χ0v) is 11.4. The van der Waals surface area contributed by atoms with Gasteiger partial charge in [0.05, 0.1) is 19.9 Å². The summed E-state index contributed by atoms with van der Waals surface area (Å²) in [7, 11) is 2.79. The van der Waals surface area contributed by atoms with E-state index in [1.165, 1.54) is 11.8 Å². The van der Waals surface area contributed by atoms with Gasteiger partial charge in [0, 0.05) is 11.8 Å². The molecule has 0 aliphatic rings. The van der Waals surface area contributed by atoms with Crippen molar-refractivity contribution in [2.24, 2.45) is 0 Å². The predicted octanol–water partition coefficient (Wildman–Crippen LogP) is 1.34. The molecule has 20 heavy (non-hydrogen) atoms. The number of hydrogen-bond donors (Lipinski definition) is 0. The first-order chi connectivity index (χ1) is 9.56. The van der Waals surface area contributed by atoms with Crippen LogP contribution in [0, 0.1) is 6.92 Å². The molecule has 0 spiro atoms. The Hall–Kier alpha value is -2.63. The van der Waals surface area contributed by atoms with Crippen molar-refractivity contribution in [3.8, 4) is 11.4 Å². The summed E-state index contributed by atoms with van der Waals surface area (Å²) in [6.45, 7) is 1.62. The average molecular weight is 274 g/mol. The second-order valence-electron chi connectivity index (χ2n) is 4.12. The molecule has 104 valence electrons. The lowest BCUT2D eigenvalue weighted by atomic mass is 10.2. The van der Waals surface area contributed by atoms with Crippen LogP contribution in [0.3, 0.4) is 0 Å². The van der Waals surface area contributed by atoms with Crippen molar-refractivity contribution in [3.63, 3.8) is 0 Å². The number of rotatable bonds is 3. The van der Waals surface area contributed by atoms with Crippen LogP contribution in [0.15, 0.2) is 35.3 Å². The Balaban J connectivity index is 2.54. The van der Waals surface area contributed by atoms with Gasteiger partial charge in [0.1, 0.15) is 5.75 Å². The van der Waals surface area contributed by atoms with Crippen LogP contribution < -0.4 is 10.2 Å². The van der Waals surface area contributed by atoms with E-state index in [2.05, 4.69) is 9.84 Å². The van der Waals surface area contributed by atoms with E-state index in [0.29, 0.717) is 17.0 Å². The van der Waals surface area contributed by atoms with Crippen molar-refractivity contribution in [1.82, 2.24) is 9.78 Å². The van der Waals surface area contributed by atoms with Crippen molar-refractivity contribution in [3.05, 3.63) is 51.9 Å². The third-order valence-electron chi connectivity index (χ3n) is 2.81. The maximum atomic E-state index is 11.9. The van der Waals surface area contributed by atoms with Crippen LogP contribution in [-0.2, 0) is 4.74 Å². The molecule has 2 rings (SSSR count). The summed E-state index contributed by atoms with van der Waals surface area (Å²) in [4.78, 5) is 23.4. The van der Waals surface area contributed by atoms with Gasteiger partial charge in [-0.15, -0.1) is 0 Å². The van der Waals surface area contributed by atoms with Crippen LogP contribution in [-0.4, -0.2) is 30.0 Å². The second kappa shape index (κ2) is 5.56. The monoisotopic (exact) mass is 274 g/mol. The molecule has 1 aromatic carbocycles. The van der Waals surface area contributed by atoms with Gasteiger partial charge in [-0.2, -0.15) is 5.10 Å². The lowest BCUT2D eigenvalue weighted by Gasteiger charge is -2.09. The van der Waals surface area contributed by atoms with Crippen LogP contribution in [0.5, 0.6) is 5.75 Å². The Morgan fingerprint density at radius 3 is 2.40 bits per heavy atom. The van der Waals surface area contributed by atoms with Gasteiger partial charge in [0.15, 0.2) is 0 Å². The third-order valence-corrected chi connectivity index (χ3v) is 2.81. The van der Waals surface area contributed by atoms with Gasteiger partial charge >= 0.3 is 5.97 Å². The van der Waals surface area contributed by atoms with E-state index < -0.39 is 11.4 Å². The lowest BCUT2D eigenvalue weighted by Crippen LogP contribution is -2.24. The van der Waals surface area contributed by atoms with Crippen molar-refractivity contribution in [2.75, 3.05) is 14.2 Å². The van der Waals surface area contributed by atoms with Gasteiger partial charge in [-0.05, 0) is 31.2 Å². The molecule has 0 N–H and O–H groups in total. The number of methoxy groups -OCH3 is 2. The Kier molecular flexibility index (Phi) is 3.84. The SMILES string of the molecule is COC(=O)c1nn(-c2ccc(OC)cc2)cc(C)c1=O. The van der Waals surface area contributed by atoms with Crippen LogP contribution in [0.4, 0.5) is 0 Å². The fourth-order valence-corrected chi connectivity index (χ4v) is 1.71. The fourth-order valence-electron chi connectivity index (χ4n) is 1.71. The molecule has 0 radical (unpaired) electrons. The summed E-state index contributed by atoms with van der Waals surface area (Å²) in [5.41, 5.74) is 0.459. The number of carbonyl (C=O) groups excluding carboxylic acids is 1. The van der Waals surface area contributed by atoms with Crippen molar-refractivity contribution < 1.29 is 14.3 Å². The first-order valence-electron chi connectivity index (χ1n) is 5.90. The molecule has 1 aromatic heterocycles. The normalized spacial score (nSPS) is 10.2. The quantitative estimate of drug-likeness (QED) is 0.790. The lowest BCUT2D eigenvalue weighted by molar-refractivity contribution is 0.0590. The zero-order chi connectivity index (χ0) is 14.7. The highest BCUT2D eigenvalue weighted by molar-refractivity contribution is 5.87. The van der Waals surface area contributed by atoms with Crippen molar-refractivity contribution in [1.29, 1.82) is 0 Å². The van der Waals surface area contributed by atoms with Gasteiger partial charge in [-0.3, -0.25) is 4.79 Å². The first-order valence-corrected chi connectivity index (χ1v) is 5.90. The topological polar surface area (TPSA) is 70.4 Å². The molecule has 0 unspecified atom stereocenters. The van der Waals surface area contributed by atoms with Crippen LogP contribution in [0.25, 0.3) is 5.69 Å². The minimum absolute atomic E-state index is 0.233. The summed E-state index contributed by atoms with van der Waals surface area (Å²) in [6.07, 6.45) is 1.57. The highest BCUT2D eigenvalue weighted by Gasteiger charge is 2.16. The van der Waals surface area contributed by atoms with E-state index >= 15 is 0 Å². The summed E-state index contributed by atoms with van der Waals surface area (Å²) in [5.74, 6) is -0.0410. The molecule has 0 atom stereocenters. The number of benzene rings is 1. The minimum Gasteiger partial charge on any atom is -0.497 e. The van der Waals surface area contributed by atoms with Gasteiger partial charge in [-0.25, -0.2) is 9.48 Å². The van der Waals surface area contributed by atoms with E-state index in [9.17, 15) is 9.59 Å². The van der Waals surface area contributed by atoms with Crippen molar-refractivity contribution in [2.45, 2.75) is 6.92 Å². The molecule has 2 aromatic rings. The van der Waals surface area contributed by atoms with E-state index in [1.54, 1.807) is 44.5 Å². The molecule has 1 heterocycles. The molecule has 0 bridgehead atoms. The molecule has 0 amide bonds. The van der Waals surface area contributed by atoms with E-state index in [0.717, 1.165) is 0 Å². The van der Waals surface area contributed by atoms with Gasteiger partial charge in [0.2, 0.25) is 11.1 Å². The summed E-state index contributed by atoms with van der Waals surface area (Å²) in [6, 6.07) is 7.08. The molecule has 6 heteroatoms. The van der Waals surface area contributed by atoms with E-state index in [1.807, 2.05) is 0 Å². The number of esters is 1. The fraction of sp³-hybridized carbons (Fsp3) is 0.214. The van der Waals surface area contributed by atoms with E-state index in [4.69, 9.17) is 4.74 Å². The average Bonchev–Trinajstić information content (AvgIpc) is 2.49. The number of carbonyl (C=O) groups is 1. The molecule has 0 saturated heterocycles. The van der Waals surface area contributed by atoms with Crippen LogP contribution in [0.1, 0.15) is 16.1 Å². The smallest absolute Gasteiger partial charge is 0.362 e. The Labute approximate surface area is 115 Å². The Morgan fingerprint density at radius 2 is 1.85 bits per heavy atom. The second-order valence-corrected chi connectivity index (χ2v) is 4.12. The largest absolute Gasteiger partial charge is 0.497 e. The van der Waals surface area contributed by atoms with Gasteiger partial charge in [-0.1, -0.05) is 0 Å². The molecule has 0 aliphatic heterocycles. The third kappa shape index (κ3) is 2.54. The van der Waals surface area contributed by atoms with Gasteiger partial charge < -0.3 is 9.47 Å². The number of nitrogens with zero attached hydrogens (tertiary/aromatic N) is 2. The van der Waals surface area contributed by atoms with Crippen molar-refractivity contribution >= 4 is 5.97 Å². The molecule has 0 fully saturated rings. The summed E-state index contributed by atoms with van der Waals surface area (Å²) >= 11 is 0. The highest BCUT2D eigenvalue weighted by Crippen LogP contribution is 2.14.